The maximum Gasteiger partial charge on any atom is 0.257 e. The number of nitrogens with one attached hydrogen (secondary N) is 3. The molecule has 9 heteroatoms. The average Bonchev–Trinajstić information content (AvgIpc) is 3.17. The lowest BCUT2D eigenvalue weighted by Crippen LogP contribution is -2.37. The number of hydrogen-bond acceptors (Lipinski definition) is 5. The van der Waals surface area contributed by atoms with Gasteiger partial charge in [-0.25, -0.2) is 9.38 Å². The lowest BCUT2D eigenvalue weighted by molar-refractivity contribution is 0.0976. The summed E-state index contributed by atoms with van der Waals surface area (Å²) in [6.07, 6.45) is 0. The summed E-state index contributed by atoms with van der Waals surface area (Å²) in [5.41, 5.74) is 1.79. The van der Waals surface area contributed by atoms with Crippen LogP contribution in [0.5, 0.6) is 5.75 Å². The van der Waals surface area contributed by atoms with Crippen molar-refractivity contribution in [1.82, 2.24) is 15.5 Å². The number of carbonyl (C=O) groups is 1. The van der Waals surface area contributed by atoms with E-state index in [0.717, 1.165) is 5.56 Å². The van der Waals surface area contributed by atoms with Crippen LogP contribution in [0, 0.1) is 5.82 Å². The lowest BCUT2D eigenvalue weighted by Gasteiger charge is -2.13. The number of nitrogens with zero attached hydrogens (tertiary/aromatic N) is 2. The molecule has 0 saturated heterocycles. The quantitative estimate of drug-likeness (QED) is 0.368. The maximum atomic E-state index is 13.1. The number of guanidine groups is 1. The molecule has 1 heterocycles. The number of H-pyrrole nitrogens is 1. The summed E-state index contributed by atoms with van der Waals surface area (Å²) in [4.78, 5) is 17.0. The summed E-state index contributed by atoms with van der Waals surface area (Å²) in [6, 6.07) is 13.3. The summed E-state index contributed by atoms with van der Waals surface area (Å²) in [7, 11) is 1.57. The van der Waals surface area contributed by atoms with E-state index in [1.165, 1.54) is 36.4 Å². The molecule has 0 aliphatic rings. The van der Waals surface area contributed by atoms with E-state index in [0.29, 0.717) is 23.7 Å². The van der Waals surface area contributed by atoms with Gasteiger partial charge in [-0.05, 0) is 61.0 Å². The van der Waals surface area contributed by atoms with Crippen LogP contribution in [0.2, 0.25) is 0 Å². The van der Waals surface area contributed by atoms with Crippen molar-refractivity contribution >= 4 is 17.7 Å². The standard InChI is InChI=1S/C21H22FN5O3/c1-13(12-30-2)23-21(25-20(29)15-5-9-17(28)10-6-15)24-19-11-18(26-27-19)14-3-7-16(22)8-4-14/h3-11,13,28H,12H2,1-2H3,(H3,23,24,25,26,27,29)/t13-/m0/s1. The number of carbonyl (C=O) groups excluding carboxylic acids is 1. The first-order chi connectivity index (χ1) is 14.4. The Labute approximate surface area is 172 Å². The number of aliphatic imine (C=N–C) groups is 1. The van der Waals surface area contributed by atoms with E-state index in [1.54, 1.807) is 25.3 Å². The number of aromatic nitrogens is 2. The van der Waals surface area contributed by atoms with Crippen molar-refractivity contribution in [2.45, 2.75) is 13.0 Å². The molecule has 156 valence electrons. The monoisotopic (exact) mass is 411 g/mol. The highest BCUT2D eigenvalue weighted by molar-refractivity contribution is 6.09. The Hall–Kier alpha value is -3.72. The molecule has 1 aromatic heterocycles. The number of hydrogen-bond donors (Lipinski definition) is 4. The Morgan fingerprint density at radius 2 is 1.93 bits per heavy atom. The van der Waals surface area contributed by atoms with Crippen molar-refractivity contribution in [2.24, 2.45) is 4.99 Å². The molecule has 0 aliphatic heterocycles. The molecule has 4 N–H and O–H groups in total. The number of phenols is 1. The maximum absolute atomic E-state index is 13.1. The van der Waals surface area contributed by atoms with Crippen molar-refractivity contribution in [3.63, 3.8) is 0 Å². The third-order valence-corrected chi connectivity index (χ3v) is 4.10. The number of aromatic hydroxyl groups is 1. The van der Waals surface area contributed by atoms with E-state index in [2.05, 4.69) is 25.8 Å². The number of aromatic amines is 1. The largest absolute Gasteiger partial charge is 0.508 e. The van der Waals surface area contributed by atoms with Crippen LogP contribution in [0.4, 0.5) is 10.2 Å². The van der Waals surface area contributed by atoms with Crippen LogP contribution in [0.15, 0.2) is 59.6 Å². The molecular formula is C21H22FN5O3. The normalized spacial score (nSPS) is 12.4. The number of methoxy groups -OCH3 is 1. The lowest BCUT2D eigenvalue weighted by atomic mass is 10.1. The van der Waals surface area contributed by atoms with Gasteiger partial charge in [0.15, 0.2) is 5.82 Å². The van der Waals surface area contributed by atoms with Gasteiger partial charge in [-0.15, -0.1) is 0 Å². The number of anilines is 1. The van der Waals surface area contributed by atoms with E-state index in [-0.39, 0.29) is 23.6 Å². The zero-order chi connectivity index (χ0) is 21.5. The second-order valence-electron chi connectivity index (χ2n) is 6.58. The smallest absolute Gasteiger partial charge is 0.257 e. The first-order valence-corrected chi connectivity index (χ1v) is 9.20. The highest BCUT2D eigenvalue weighted by atomic mass is 19.1. The minimum atomic E-state index is -0.403. The number of benzene rings is 2. The van der Waals surface area contributed by atoms with Crippen LogP contribution in [0.1, 0.15) is 17.3 Å². The van der Waals surface area contributed by atoms with Crippen molar-refractivity contribution in [3.05, 3.63) is 66.0 Å². The van der Waals surface area contributed by atoms with Gasteiger partial charge in [0.25, 0.3) is 5.91 Å². The van der Waals surface area contributed by atoms with Gasteiger partial charge in [-0.3, -0.25) is 15.2 Å². The third-order valence-electron chi connectivity index (χ3n) is 4.10. The summed E-state index contributed by atoms with van der Waals surface area (Å²) >= 11 is 0. The van der Waals surface area contributed by atoms with Crippen LogP contribution >= 0.6 is 0 Å². The second-order valence-corrected chi connectivity index (χ2v) is 6.58. The fraction of sp³-hybridized carbons (Fsp3) is 0.190. The molecule has 0 aliphatic carbocycles. The topological polar surface area (TPSA) is 112 Å². The molecule has 0 spiro atoms. The van der Waals surface area contributed by atoms with Crippen LogP contribution in [0.3, 0.4) is 0 Å². The van der Waals surface area contributed by atoms with Crippen molar-refractivity contribution in [2.75, 3.05) is 19.0 Å². The van der Waals surface area contributed by atoms with E-state index in [9.17, 15) is 14.3 Å². The van der Waals surface area contributed by atoms with Crippen LogP contribution in [-0.2, 0) is 4.74 Å². The van der Waals surface area contributed by atoms with Crippen molar-refractivity contribution < 1.29 is 19.0 Å². The zero-order valence-corrected chi connectivity index (χ0v) is 16.5. The minimum Gasteiger partial charge on any atom is -0.508 e. The summed E-state index contributed by atoms with van der Waals surface area (Å²) in [5, 5.41) is 22.1. The van der Waals surface area contributed by atoms with Crippen LogP contribution in [0.25, 0.3) is 11.3 Å². The van der Waals surface area contributed by atoms with Gasteiger partial charge in [-0.2, -0.15) is 5.10 Å². The zero-order valence-electron chi connectivity index (χ0n) is 16.5. The Balaban J connectivity index is 1.78. The molecule has 8 nitrogen and oxygen atoms in total. The molecule has 1 amide bonds. The predicted octanol–water partition coefficient (Wildman–Crippen LogP) is 3.15. The molecule has 0 saturated carbocycles. The van der Waals surface area contributed by atoms with Crippen molar-refractivity contribution in [3.8, 4) is 17.0 Å². The molecule has 0 radical (unpaired) electrons. The van der Waals surface area contributed by atoms with Gasteiger partial charge in [0.1, 0.15) is 11.6 Å². The number of amides is 1. The molecule has 0 bridgehead atoms. The number of phenolic OH excluding ortho intramolecular Hbond substituents is 1. The molecule has 3 aromatic rings. The Morgan fingerprint density at radius 1 is 1.23 bits per heavy atom. The molecule has 30 heavy (non-hydrogen) atoms. The van der Waals surface area contributed by atoms with Gasteiger partial charge in [0.2, 0.25) is 5.96 Å². The first kappa shape index (κ1) is 21.0. The highest BCUT2D eigenvalue weighted by Gasteiger charge is 2.13. The average molecular weight is 411 g/mol. The highest BCUT2D eigenvalue weighted by Crippen LogP contribution is 2.20. The summed E-state index contributed by atoms with van der Waals surface area (Å²) in [6.45, 7) is 2.20. The SMILES string of the molecule is COC[C@H](C)N=C(NC(=O)c1ccc(O)cc1)Nc1cc(-c2ccc(F)cc2)[nH]n1. The molecule has 2 aromatic carbocycles. The second kappa shape index (κ2) is 9.66. The van der Waals surface area contributed by atoms with E-state index in [4.69, 9.17) is 4.74 Å². The van der Waals surface area contributed by atoms with E-state index < -0.39 is 5.91 Å². The Morgan fingerprint density at radius 3 is 2.60 bits per heavy atom. The van der Waals surface area contributed by atoms with Gasteiger partial charge < -0.3 is 15.2 Å². The number of ether oxygens (including phenoxy) is 1. The fourth-order valence-electron chi connectivity index (χ4n) is 2.67. The van der Waals surface area contributed by atoms with E-state index >= 15 is 0 Å². The number of halogens is 1. The molecular weight excluding hydrogens is 389 g/mol. The number of rotatable bonds is 6. The third kappa shape index (κ3) is 5.65. The molecule has 0 fully saturated rings. The minimum absolute atomic E-state index is 0.0668. The van der Waals surface area contributed by atoms with Gasteiger partial charge in [-0.1, -0.05) is 0 Å². The molecule has 0 unspecified atom stereocenters. The van der Waals surface area contributed by atoms with Gasteiger partial charge >= 0.3 is 0 Å². The fourth-order valence-corrected chi connectivity index (χ4v) is 2.67. The van der Waals surface area contributed by atoms with E-state index in [1.807, 2.05) is 6.92 Å². The van der Waals surface area contributed by atoms with Crippen molar-refractivity contribution in [1.29, 1.82) is 0 Å². The molecule has 1 atom stereocenters. The Kier molecular flexibility index (Phi) is 6.76. The van der Waals surface area contributed by atoms with Crippen LogP contribution < -0.4 is 10.6 Å². The van der Waals surface area contributed by atoms with Gasteiger partial charge in [0, 0.05) is 18.7 Å². The first-order valence-electron chi connectivity index (χ1n) is 9.20. The molecule has 3 rings (SSSR count). The summed E-state index contributed by atoms with van der Waals surface area (Å²) in [5.74, 6) is -0.0501. The predicted molar refractivity (Wildman–Crippen MR) is 112 cm³/mol. The van der Waals surface area contributed by atoms with Gasteiger partial charge in [0.05, 0.1) is 18.3 Å². The van der Waals surface area contributed by atoms with Crippen LogP contribution in [-0.4, -0.2) is 46.9 Å². The summed E-state index contributed by atoms with van der Waals surface area (Å²) < 4.78 is 18.2. The Bertz CT molecular complexity index is 1020.